The summed E-state index contributed by atoms with van der Waals surface area (Å²) < 4.78 is 28.0. The van der Waals surface area contributed by atoms with Crippen LogP contribution in [-0.4, -0.2) is 19.2 Å². The number of nitrogens with one attached hydrogen (secondary N) is 2. The van der Waals surface area contributed by atoms with Crippen LogP contribution in [0.1, 0.15) is 22.3 Å². The van der Waals surface area contributed by atoms with Gasteiger partial charge in [-0.1, -0.05) is 29.3 Å². The summed E-state index contributed by atoms with van der Waals surface area (Å²) in [6.07, 6.45) is 2.62. The van der Waals surface area contributed by atoms with Crippen LogP contribution >= 0.6 is 23.2 Å². The number of benzene rings is 2. The minimum Gasteiger partial charge on any atom is -0.358 e. The molecule has 0 aliphatic heterocycles. The number of aromatic nitrogens is 1. The molecule has 3 aromatic rings. The summed E-state index contributed by atoms with van der Waals surface area (Å²) in [4.78, 5) is 14.8. The van der Waals surface area contributed by atoms with Crippen molar-refractivity contribution >= 4 is 55.6 Å². The van der Waals surface area contributed by atoms with Crippen molar-refractivity contribution in [3.05, 3.63) is 57.7 Å². The first kappa shape index (κ1) is 16.4. The maximum absolute atomic E-state index is 12.7. The van der Waals surface area contributed by atoms with E-state index in [0.717, 1.165) is 5.56 Å². The molecule has 2 aromatic carbocycles. The number of aromatic amines is 1. The van der Waals surface area contributed by atoms with Crippen molar-refractivity contribution in [3.63, 3.8) is 0 Å². The van der Waals surface area contributed by atoms with Gasteiger partial charge in [0.1, 0.15) is 0 Å². The molecule has 1 aromatic heterocycles. The standard InChI is InChI=1S/C17H12Cl2N2O3S/c18-12-4-5-14(17-16(12)13(19)8-20-17)21-25(23,24)10-3-1-9-2-6-15(22)11(9)7-10/h1,3-5,7-8,20-21H,2,6H2. The van der Waals surface area contributed by atoms with Gasteiger partial charge in [-0.15, -0.1) is 0 Å². The summed E-state index contributed by atoms with van der Waals surface area (Å²) >= 11 is 12.2. The van der Waals surface area contributed by atoms with Gasteiger partial charge in [0.15, 0.2) is 5.78 Å². The first-order chi connectivity index (χ1) is 11.9. The summed E-state index contributed by atoms with van der Waals surface area (Å²) in [7, 11) is -3.86. The summed E-state index contributed by atoms with van der Waals surface area (Å²) in [5.41, 5.74) is 2.19. The van der Waals surface area contributed by atoms with Crippen molar-refractivity contribution in [2.75, 3.05) is 4.72 Å². The number of ketones is 1. The largest absolute Gasteiger partial charge is 0.358 e. The van der Waals surface area contributed by atoms with E-state index in [4.69, 9.17) is 23.2 Å². The molecule has 0 spiro atoms. The molecule has 0 saturated heterocycles. The van der Waals surface area contributed by atoms with E-state index < -0.39 is 10.0 Å². The van der Waals surface area contributed by atoms with Crippen molar-refractivity contribution < 1.29 is 13.2 Å². The number of rotatable bonds is 3. The number of Topliss-reactive ketones (excluding diaryl/α,β-unsaturated/α-hetero) is 1. The van der Waals surface area contributed by atoms with Gasteiger partial charge >= 0.3 is 0 Å². The molecule has 0 amide bonds. The second-order valence-electron chi connectivity index (χ2n) is 5.83. The first-order valence-electron chi connectivity index (χ1n) is 7.51. The molecule has 2 N–H and O–H groups in total. The third kappa shape index (κ3) is 2.70. The van der Waals surface area contributed by atoms with Gasteiger partial charge in [-0.3, -0.25) is 9.52 Å². The molecule has 4 rings (SSSR count). The molecule has 0 unspecified atom stereocenters. The van der Waals surface area contributed by atoms with E-state index in [0.29, 0.717) is 45.0 Å². The molecule has 1 heterocycles. The Hall–Kier alpha value is -2.02. The molecule has 0 atom stereocenters. The van der Waals surface area contributed by atoms with Crippen LogP contribution < -0.4 is 4.72 Å². The van der Waals surface area contributed by atoms with Crippen LogP contribution in [0, 0.1) is 0 Å². The van der Waals surface area contributed by atoms with Gasteiger partial charge in [-0.05, 0) is 36.2 Å². The molecule has 1 aliphatic carbocycles. The maximum atomic E-state index is 12.7. The lowest BCUT2D eigenvalue weighted by Crippen LogP contribution is -2.14. The number of hydrogen-bond acceptors (Lipinski definition) is 3. The number of carbonyl (C=O) groups is 1. The molecule has 8 heteroatoms. The van der Waals surface area contributed by atoms with Crippen LogP contribution in [0.4, 0.5) is 5.69 Å². The van der Waals surface area contributed by atoms with Gasteiger partial charge in [0, 0.05) is 23.6 Å². The quantitative estimate of drug-likeness (QED) is 0.690. The molecule has 1 aliphatic rings. The highest BCUT2D eigenvalue weighted by Crippen LogP contribution is 2.35. The van der Waals surface area contributed by atoms with Crippen molar-refractivity contribution in [1.29, 1.82) is 0 Å². The third-order valence-corrected chi connectivity index (χ3v) is 6.27. The van der Waals surface area contributed by atoms with Crippen LogP contribution in [0.3, 0.4) is 0 Å². The number of halogens is 2. The number of hydrogen-bond donors (Lipinski definition) is 2. The second-order valence-corrected chi connectivity index (χ2v) is 8.33. The Morgan fingerprint density at radius 2 is 1.84 bits per heavy atom. The first-order valence-corrected chi connectivity index (χ1v) is 9.75. The van der Waals surface area contributed by atoms with Crippen LogP contribution in [0.5, 0.6) is 0 Å². The number of fused-ring (bicyclic) bond motifs is 2. The van der Waals surface area contributed by atoms with Crippen molar-refractivity contribution in [3.8, 4) is 0 Å². The minimum absolute atomic E-state index is 0.0305. The van der Waals surface area contributed by atoms with Gasteiger partial charge in [-0.25, -0.2) is 8.42 Å². The fourth-order valence-corrected chi connectivity index (χ4v) is 4.70. The SMILES string of the molecule is O=C1CCc2ccc(S(=O)(=O)Nc3ccc(Cl)c4c(Cl)c[nH]c34)cc21. The van der Waals surface area contributed by atoms with Crippen LogP contribution in [0.25, 0.3) is 10.9 Å². The van der Waals surface area contributed by atoms with Crippen molar-refractivity contribution in [1.82, 2.24) is 4.98 Å². The zero-order chi connectivity index (χ0) is 17.8. The average Bonchev–Trinajstić information content (AvgIpc) is 3.14. The zero-order valence-electron chi connectivity index (χ0n) is 12.8. The van der Waals surface area contributed by atoms with E-state index in [1.807, 2.05) is 0 Å². The Balaban J connectivity index is 1.77. The predicted molar refractivity (Wildman–Crippen MR) is 98.2 cm³/mol. The lowest BCUT2D eigenvalue weighted by atomic mass is 10.1. The van der Waals surface area contributed by atoms with E-state index in [9.17, 15) is 13.2 Å². The Kier molecular flexibility index (Phi) is 3.79. The Bertz CT molecular complexity index is 1140. The van der Waals surface area contributed by atoms with E-state index in [-0.39, 0.29) is 10.7 Å². The number of aryl methyl sites for hydroxylation is 1. The molecule has 0 fully saturated rings. The average molecular weight is 395 g/mol. The van der Waals surface area contributed by atoms with Gasteiger partial charge < -0.3 is 4.98 Å². The highest BCUT2D eigenvalue weighted by molar-refractivity contribution is 7.92. The molecule has 0 bridgehead atoms. The monoisotopic (exact) mass is 394 g/mol. The summed E-state index contributed by atoms with van der Waals surface area (Å²) in [6.45, 7) is 0. The van der Waals surface area contributed by atoms with Crippen molar-refractivity contribution in [2.45, 2.75) is 17.7 Å². The summed E-state index contributed by atoms with van der Waals surface area (Å²) in [6, 6.07) is 7.77. The zero-order valence-corrected chi connectivity index (χ0v) is 15.1. The number of carbonyl (C=O) groups excluding carboxylic acids is 1. The van der Waals surface area contributed by atoms with Gasteiger partial charge in [-0.2, -0.15) is 0 Å². The number of H-pyrrole nitrogens is 1. The lowest BCUT2D eigenvalue weighted by Gasteiger charge is -2.11. The van der Waals surface area contributed by atoms with Crippen LogP contribution in [-0.2, 0) is 16.4 Å². The van der Waals surface area contributed by atoms with Gasteiger partial charge in [0.2, 0.25) is 0 Å². The topological polar surface area (TPSA) is 79.0 Å². The third-order valence-electron chi connectivity index (χ3n) is 4.29. The van der Waals surface area contributed by atoms with Gasteiger partial charge in [0.05, 0.1) is 26.1 Å². The highest BCUT2D eigenvalue weighted by atomic mass is 35.5. The fourth-order valence-electron chi connectivity index (χ4n) is 3.04. The lowest BCUT2D eigenvalue weighted by molar-refractivity contribution is 0.0994. The van der Waals surface area contributed by atoms with E-state index in [1.54, 1.807) is 24.4 Å². The molecule has 5 nitrogen and oxygen atoms in total. The smallest absolute Gasteiger partial charge is 0.261 e. The molecule has 0 saturated carbocycles. The Morgan fingerprint density at radius 1 is 1.04 bits per heavy atom. The summed E-state index contributed by atoms with van der Waals surface area (Å²) in [5, 5.41) is 1.38. The normalized spacial score (nSPS) is 14.1. The number of sulfonamides is 1. The predicted octanol–water partition coefficient (Wildman–Crippen LogP) is 4.40. The molecule has 25 heavy (non-hydrogen) atoms. The van der Waals surface area contributed by atoms with Gasteiger partial charge in [0.25, 0.3) is 10.0 Å². The fraction of sp³-hybridized carbons (Fsp3) is 0.118. The Morgan fingerprint density at radius 3 is 2.64 bits per heavy atom. The molecular weight excluding hydrogens is 383 g/mol. The van der Waals surface area contributed by atoms with E-state index >= 15 is 0 Å². The van der Waals surface area contributed by atoms with E-state index in [1.165, 1.54) is 12.1 Å². The Labute approximate surface area is 154 Å². The second kappa shape index (κ2) is 5.76. The van der Waals surface area contributed by atoms with Crippen molar-refractivity contribution in [2.24, 2.45) is 0 Å². The number of anilines is 1. The minimum atomic E-state index is -3.86. The van der Waals surface area contributed by atoms with Crippen LogP contribution in [0.2, 0.25) is 10.0 Å². The maximum Gasteiger partial charge on any atom is 0.261 e. The van der Waals surface area contributed by atoms with Crippen LogP contribution in [0.15, 0.2) is 41.4 Å². The summed E-state index contributed by atoms with van der Waals surface area (Å²) in [5.74, 6) is -0.0305. The molecule has 0 radical (unpaired) electrons. The molecular formula is C17H12Cl2N2O3S. The van der Waals surface area contributed by atoms with E-state index in [2.05, 4.69) is 9.71 Å². The molecule has 128 valence electrons. The highest BCUT2D eigenvalue weighted by Gasteiger charge is 2.24.